The van der Waals surface area contributed by atoms with Gasteiger partial charge in [0.2, 0.25) is 11.8 Å². The van der Waals surface area contributed by atoms with E-state index < -0.39 is 0 Å². The number of rotatable bonds is 5. The highest BCUT2D eigenvalue weighted by molar-refractivity contribution is 5.85. The van der Waals surface area contributed by atoms with Crippen LogP contribution in [0.2, 0.25) is 0 Å². The van der Waals surface area contributed by atoms with E-state index in [9.17, 15) is 9.59 Å². The summed E-state index contributed by atoms with van der Waals surface area (Å²) in [5, 5.41) is 2.59. The van der Waals surface area contributed by atoms with Crippen LogP contribution in [-0.2, 0) is 22.6 Å². The average molecular weight is 249 g/mol. The number of nitrogens with zero attached hydrogens (tertiary/aromatic N) is 1. The van der Waals surface area contributed by atoms with Crippen molar-refractivity contribution >= 4 is 11.8 Å². The van der Waals surface area contributed by atoms with Crippen LogP contribution in [0.3, 0.4) is 0 Å². The molecule has 0 aromatic heterocycles. The number of carbonyl (C=O) groups excluding carboxylic acids is 2. The summed E-state index contributed by atoms with van der Waals surface area (Å²) in [5.41, 5.74) is 7.44. The van der Waals surface area contributed by atoms with Gasteiger partial charge in [-0.3, -0.25) is 9.59 Å². The molecule has 2 amide bonds. The standard InChI is InChI=1S/C13H19N3O2/c1-16(2)13(18)9-15-12(17)7-10-5-3-4-6-11(10)8-14/h3-6H,7-9,14H2,1-2H3,(H,15,17). The highest BCUT2D eigenvalue weighted by Gasteiger charge is 2.09. The minimum atomic E-state index is -0.175. The molecule has 0 radical (unpaired) electrons. The SMILES string of the molecule is CN(C)C(=O)CNC(=O)Cc1ccccc1CN. The Hall–Kier alpha value is -1.88. The molecule has 5 nitrogen and oxygen atoms in total. The molecular weight excluding hydrogens is 230 g/mol. The molecule has 0 atom stereocenters. The number of nitrogens with two attached hydrogens (primary N) is 1. The van der Waals surface area contributed by atoms with Crippen LogP contribution in [0.25, 0.3) is 0 Å². The number of nitrogens with one attached hydrogen (secondary N) is 1. The van der Waals surface area contributed by atoms with Gasteiger partial charge in [0, 0.05) is 20.6 Å². The van der Waals surface area contributed by atoms with Crippen molar-refractivity contribution in [2.24, 2.45) is 5.73 Å². The molecule has 18 heavy (non-hydrogen) atoms. The quantitative estimate of drug-likeness (QED) is 0.764. The number of benzene rings is 1. The minimum absolute atomic E-state index is 0.0244. The zero-order valence-corrected chi connectivity index (χ0v) is 10.8. The van der Waals surface area contributed by atoms with Crippen LogP contribution in [0.5, 0.6) is 0 Å². The van der Waals surface area contributed by atoms with E-state index >= 15 is 0 Å². The molecular formula is C13H19N3O2. The second kappa shape index (κ2) is 6.76. The van der Waals surface area contributed by atoms with Gasteiger partial charge in [-0.2, -0.15) is 0 Å². The Kier molecular flexibility index (Phi) is 5.32. The first-order valence-corrected chi connectivity index (χ1v) is 5.78. The predicted molar refractivity (Wildman–Crippen MR) is 69.7 cm³/mol. The molecule has 0 aliphatic rings. The second-order valence-corrected chi connectivity index (χ2v) is 4.21. The topological polar surface area (TPSA) is 75.4 Å². The molecule has 0 saturated heterocycles. The third-order valence-corrected chi connectivity index (χ3v) is 2.62. The van der Waals surface area contributed by atoms with Gasteiger partial charge in [0.15, 0.2) is 0 Å². The first-order chi connectivity index (χ1) is 8.54. The number of hydrogen-bond acceptors (Lipinski definition) is 3. The lowest BCUT2D eigenvalue weighted by molar-refractivity contribution is -0.130. The molecule has 0 unspecified atom stereocenters. The Morgan fingerprint density at radius 3 is 2.39 bits per heavy atom. The maximum absolute atomic E-state index is 11.7. The zero-order chi connectivity index (χ0) is 13.5. The average Bonchev–Trinajstić information content (AvgIpc) is 2.36. The number of amides is 2. The van der Waals surface area contributed by atoms with Gasteiger partial charge in [0.1, 0.15) is 0 Å². The maximum atomic E-state index is 11.7. The number of likely N-dealkylation sites (N-methyl/N-ethyl adjacent to an activating group) is 1. The first-order valence-electron chi connectivity index (χ1n) is 5.78. The zero-order valence-electron chi connectivity index (χ0n) is 10.8. The van der Waals surface area contributed by atoms with Crippen molar-refractivity contribution in [3.05, 3.63) is 35.4 Å². The number of hydrogen-bond donors (Lipinski definition) is 2. The second-order valence-electron chi connectivity index (χ2n) is 4.21. The molecule has 0 fully saturated rings. The van der Waals surface area contributed by atoms with Crippen LogP contribution in [0.15, 0.2) is 24.3 Å². The van der Waals surface area contributed by atoms with Crippen LogP contribution in [0.4, 0.5) is 0 Å². The molecule has 1 aromatic rings. The van der Waals surface area contributed by atoms with Gasteiger partial charge in [0.25, 0.3) is 0 Å². The Bertz CT molecular complexity index is 430. The third-order valence-electron chi connectivity index (χ3n) is 2.62. The summed E-state index contributed by atoms with van der Waals surface area (Å²) in [6.45, 7) is 0.427. The molecule has 0 aliphatic carbocycles. The fraction of sp³-hybridized carbons (Fsp3) is 0.385. The fourth-order valence-corrected chi connectivity index (χ4v) is 1.50. The summed E-state index contributed by atoms with van der Waals surface area (Å²) < 4.78 is 0. The van der Waals surface area contributed by atoms with Crippen LogP contribution in [0.1, 0.15) is 11.1 Å². The third kappa shape index (κ3) is 4.18. The maximum Gasteiger partial charge on any atom is 0.241 e. The monoisotopic (exact) mass is 249 g/mol. The van der Waals surface area contributed by atoms with Gasteiger partial charge < -0.3 is 16.0 Å². The smallest absolute Gasteiger partial charge is 0.241 e. The molecule has 5 heteroatoms. The Morgan fingerprint density at radius 2 is 1.83 bits per heavy atom. The Morgan fingerprint density at radius 1 is 1.22 bits per heavy atom. The molecule has 0 heterocycles. The normalized spacial score (nSPS) is 9.94. The summed E-state index contributed by atoms with van der Waals surface area (Å²) in [6.07, 6.45) is 0.244. The van der Waals surface area contributed by atoms with E-state index in [0.29, 0.717) is 6.54 Å². The Balaban J connectivity index is 2.52. The summed E-state index contributed by atoms with van der Waals surface area (Å²) >= 11 is 0. The van der Waals surface area contributed by atoms with Crippen molar-refractivity contribution in [2.45, 2.75) is 13.0 Å². The lowest BCUT2D eigenvalue weighted by atomic mass is 10.0. The van der Waals surface area contributed by atoms with Crippen molar-refractivity contribution in [1.29, 1.82) is 0 Å². The van der Waals surface area contributed by atoms with Crippen molar-refractivity contribution in [1.82, 2.24) is 10.2 Å². The van der Waals surface area contributed by atoms with Crippen LogP contribution in [0, 0.1) is 0 Å². The molecule has 3 N–H and O–H groups in total. The van der Waals surface area contributed by atoms with E-state index in [2.05, 4.69) is 5.32 Å². The molecule has 0 spiro atoms. The van der Waals surface area contributed by atoms with Gasteiger partial charge in [-0.25, -0.2) is 0 Å². The van der Waals surface area contributed by atoms with Gasteiger partial charge in [-0.05, 0) is 11.1 Å². The first kappa shape index (κ1) is 14.2. The van der Waals surface area contributed by atoms with E-state index in [1.54, 1.807) is 14.1 Å². The van der Waals surface area contributed by atoms with E-state index in [1.165, 1.54) is 4.90 Å². The minimum Gasteiger partial charge on any atom is -0.347 e. The predicted octanol–water partition coefficient (Wildman–Crippen LogP) is -0.108. The van der Waals surface area contributed by atoms with Gasteiger partial charge in [0.05, 0.1) is 13.0 Å². The van der Waals surface area contributed by atoms with Crippen LogP contribution >= 0.6 is 0 Å². The molecule has 98 valence electrons. The fourth-order valence-electron chi connectivity index (χ4n) is 1.50. The molecule has 0 bridgehead atoms. The molecule has 0 aliphatic heterocycles. The highest BCUT2D eigenvalue weighted by atomic mass is 16.2. The highest BCUT2D eigenvalue weighted by Crippen LogP contribution is 2.08. The van der Waals surface area contributed by atoms with Crippen molar-refractivity contribution in [3.8, 4) is 0 Å². The van der Waals surface area contributed by atoms with E-state index in [4.69, 9.17) is 5.73 Å². The van der Waals surface area contributed by atoms with Crippen molar-refractivity contribution < 1.29 is 9.59 Å². The van der Waals surface area contributed by atoms with Crippen LogP contribution in [-0.4, -0.2) is 37.4 Å². The molecule has 1 rings (SSSR count). The summed E-state index contributed by atoms with van der Waals surface area (Å²) in [5.74, 6) is -0.304. The van der Waals surface area contributed by atoms with Gasteiger partial charge in [-0.1, -0.05) is 24.3 Å². The lowest BCUT2D eigenvalue weighted by Crippen LogP contribution is -2.37. The lowest BCUT2D eigenvalue weighted by Gasteiger charge is -2.11. The summed E-state index contributed by atoms with van der Waals surface area (Å²) in [4.78, 5) is 24.4. The molecule has 1 aromatic carbocycles. The van der Waals surface area contributed by atoms with Gasteiger partial charge in [-0.15, -0.1) is 0 Å². The summed E-state index contributed by atoms with van der Waals surface area (Å²) in [7, 11) is 3.30. The molecule has 0 saturated carbocycles. The largest absolute Gasteiger partial charge is 0.347 e. The van der Waals surface area contributed by atoms with E-state index in [-0.39, 0.29) is 24.8 Å². The van der Waals surface area contributed by atoms with Crippen molar-refractivity contribution in [3.63, 3.8) is 0 Å². The van der Waals surface area contributed by atoms with E-state index in [0.717, 1.165) is 11.1 Å². The summed E-state index contributed by atoms with van der Waals surface area (Å²) in [6, 6.07) is 7.52. The number of carbonyl (C=O) groups is 2. The Labute approximate surface area is 107 Å². The van der Waals surface area contributed by atoms with E-state index in [1.807, 2.05) is 24.3 Å². The van der Waals surface area contributed by atoms with Crippen molar-refractivity contribution in [2.75, 3.05) is 20.6 Å². The van der Waals surface area contributed by atoms with Crippen LogP contribution < -0.4 is 11.1 Å². The van der Waals surface area contributed by atoms with Gasteiger partial charge >= 0.3 is 0 Å².